The van der Waals surface area contributed by atoms with Crippen LogP contribution in [-0.4, -0.2) is 35.1 Å². The van der Waals surface area contributed by atoms with E-state index in [0.29, 0.717) is 11.3 Å². The molecule has 0 aliphatic carbocycles. The third-order valence-corrected chi connectivity index (χ3v) is 2.50. The largest absolute Gasteiger partial charge is 0.481 e. The summed E-state index contributed by atoms with van der Waals surface area (Å²) >= 11 is 0. The van der Waals surface area contributed by atoms with Crippen LogP contribution in [0.3, 0.4) is 0 Å². The van der Waals surface area contributed by atoms with Crippen LogP contribution in [-0.2, 0) is 4.79 Å². The number of carbonyl (C=O) groups excluding carboxylic acids is 2. The van der Waals surface area contributed by atoms with E-state index in [9.17, 15) is 14.4 Å². The van der Waals surface area contributed by atoms with Crippen LogP contribution < -0.4 is 16.0 Å². The number of aliphatic carboxylic acids is 1. The van der Waals surface area contributed by atoms with E-state index in [1.54, 1.807) is 24.3 Å². The van der Waals surface area contributed by atoms with E-state index in [2.05, 4.69) is 16.0 Å². The molecule has 0 aliphatic heterocycles. The zero-order chi connectivity index (χ0) is 16.8. The summed E-state index contributed by atoms with van der Waals surface area (Å²) in [4.78, 5) is 34.0. The van der Waals surface area contributed by atoms with Gasteiger partial charge in [-0.2, -0.15) is 0 Å². The van der Waals surface area contributed by atoms with Crippen molar-refractivity contribution < 1.29 is 19.5 Å². The molecule has 4 N–H and O–H groups in total. The number of urea groups is 1. The second kappa shape index (κ2) is 7.44. The van der Waals surface area contributed by atoms with E-state index < -0.39 is 12.0 Å². The highest BCUT2D eigenvalue weighted by atomic mass is 16.4. The van der Waals surface area contributed by atoms with Crippen molar-refractivity contribution in [1.82, 2.24) is 10.6 Å². The van der Waals surface area contributed by atoms with Crippen LogP contribution >= 0.6 is 0 Å². The lowest BCUT2D eigenvalue weighted by molar-refractivity contribution is -0.136. The monoisotopic (exact) mass is 307 g/mol. The van der Waals surface area contributed by atoms with E-state index in [-0.39, 0.29) is 24.4 Å². The maximum Gasteiger partial charge on any atom is 0.319 e. The second-order valence-electron chi connectivity index (χ2n) is 5.81. The van der Waals surface area contributed by atoms with E-state index in [1.807, 2.05) is 20.8 Å². The number of amides is 3. The van der Waals surface area contributed by atoms with Gasteiger partial charge in [-0.1, -0.05) is 6.07 Å². The number of hydrogen-bond acceptors (Lipinski definition) is 3. The first-order valence-corrected chi connectivity index (χ1v) is 6.86. The maximum atomic E-state index is 12.0. The zero-order valence-corrected chi connectivity index (χ0v) is 12.9. The Morgan fingerprint density at radius 2 is 1.86 bits per heavy atom. The van der Waals surface area contributed by atoms with Gasteiger partial charge in [0.2, 0.25) is 0 Å². The maximum absolute atomic E-state index is 12.0. The predicted octanol–water partition coefficient (Wildman–Crippen LogP) is 1.81. The van der Waals surface area contributed by atoms with Crippen molar-refractivity contribution in [2.75, 3.05) is 11.9 Å². The van der Waals surface area contributed by atoms with Crippen molar-refractivity contribution in [2.24, 2.45) is 0 Å². The van der Waals surface area contributed by atoms with Crippen molar-refractivity contribution >= 4 is 23.6 Å². The molecule has 0 saturated carbocycles. The van der Waals surface area contributed by atoms with Crippen LogP contribution in [0.4, 0.5) is 10.5 Å². The summed E-state index contributed by atoms with van der Waals surface area (Å²) in [6.07, 6.45) is -0.151. The van der Waals surface area contributed by atoms with Crippen molar-refractivity contribution in [3.63, 3.8) is 0 Å². The lowest BCUT2D eigenvalue weighted by Crippen LogP contribution is -2.40. The van der Waals surface area contributed by atoms with Crippen LogP contribution in [0.1, 0.15) is 37.6 Å². The Morgan fingerprint density at radius 3 is 2.45 bits per heavy atom. The summed E-state index contributed by atoms with van der Waals surface area (Å²) in [6.45, 7) is 5.67. The van der Waals surface area contributed by atoms with Gasteiger partial charge in [-0.25, -0.2) is 4.79 Å². The molecule has 1 aromatic rings. The molecule has 7 heteroatoms. The zero-order valence-electron chi connectivity index (χ0n) is 12.9. The first kappa shape index (κ1) is 17.5. The van der Waals surface area contributed by atoms with Gasteiger partial charge in [0.25, 0.3) is 5.91 Å². The molecule has 0 saturated heterocycles. The lowest BCUT2D eigenvalue weighted by Gasteiger charge is -2.20. The van der Waals surface area contributed by atoms with Crippen LogP contribution in [0.25, 0.3) is 0 Å². The Hall–Kier alpha value is -2.57. The molecule has 3 amide bonds. The van der Waals surface area contributed by atoms with Crippen LogP contribution in [0, 0.1) is 0 Å². The van der Waals surface area contributed by atoms with Gasteiger partial charge in [0.15, 0.2) is 0 Å². The van der Waals surface area contributed by atoms with Gasteiger partial charge < -0.3 is 21.1 Å². The van der Waals surface area contributed by atoms with Crippen LogP contribution in [0.5, 0.6) is 0 Å². The van der Waals surface area contributed by atoms with Crippen LogP contribution in [0.2, 0.25) is 0 Å². The van der Waals surface area contributed by atoms with Gasteiger partial charge in [-0.15, -0.1) is 0 Å². The summed E-state index contributed by atoms with van der Waals surface area (Å²) in [5.74, 6) is -1.22. The lowest BCUT2D eigenvalue weighted by atomic mass is 10.1. The molecule has 0 radical (unpaired) electrons. The summed E-state index contributed by atoms with van der Waals surface area (Å²) in [6, 6.07) is 5.98. The molecule has 0 atom stereocenters. The highest BCUT2D eigenvalue weighted by Crippen LogP contribution is 2.12. The fourth-order valence-corrected chi connectivity index (χ4v) is 1.61. The Kier molecular flexibility index (Phi) is 5.91. The summed E-state index contributed by atoms with van der Waals surface area (Å²) in [5, 5.41) is 16.3. The van der Waals surface area contributed by atoms with Crippen molar-refractivity contribution in [1.29, 1.82) is 0 Å². The molecule has 0 bridgehead atoms. The quantitative estimate of drug-likeness (QED) is 0.665. The molecule has 1 aromatic carbocycles. The minimum absolute atomic E-state index is 0.0331. The highest BCUT2D eigenvalue weighted by molar-refractivity contribution is 5.97. The molecule has 120 valence electrons. The van der Waals surface area contributed by atoms with E-state index in [0.717, 1.165) is 0 Å². The Morgan fingerprint density at radius 1 is 1.18 bits per heavy atom. The fourth-order valence-electron chi connectivity index (χ4n) is 1.61. The minimum atomic E-state index is -0.985. The van der Waals surface area contributed by atoms with Gasteiger partial charge in [0.05, 0.1) is 6.42 Å². The molecule has 0 heterocycles. The topological polar surface area (TPSA) is 108 Å². The average molecular weight is 307 g/mol. The van der Waals surface area contributed by atoms with Gasteiger partial charge in [-0.3, -0.25) is 9.59 Å². The summed E-state index contributed by atoms with van der Waals surface area (Å²) in [5.41, 5.74) is 0.530. The average Bonchev–Trinajstić information content (AvgIpc) is 2.36. The van der Waals surface area contributed by atoms with Gasteiger partial charge >= 0.3 is 12.0 Å². The third-order valence-electron chi connectivity index (χ3n) is 2.50. The Bertz CT molecular complexity index is 564. The Balaban J connectivity index is 2.62. The molecule has 0 aliphatic rings. The fraction of sp³-hybridized carbons (Fsp3) is 0.400. The number of hydrogen-bond donors (Lipinski definition) is 4. The smallest absolute Gasteiger partial charge is 0.319 e. The first-order valence-electron chi connectivity index (χ1n) is 6.86. The number of benzene rings is 1. The first-order chi connectivity index (χ1) is 10.2. The number of carboxylic acids is 1. The SMILES string of the molecule is CC(C)(C)NC(=O)c1cccc(NC(=O)NCCC(=O)O)c1. The van der Waals surface area contributed by atoms with Gasteiger partial charge in [0, 0.05) is 23.3 Å². The molecular formula is C15H21N3O4. The molecule has 0 unspecified atom stereocenters. The number of carboxylic acid groups (broad SMARTS) is 1. The molecule has 0 spiro atoms. The number of anilines is 1. The highest BCUT2D eigenvalue weighted by Gasteiger charge is 2.15. The molecule has 0 aromatic heterocycles. The third kappa shape index (κ3) is 6.74. The normalized spacial score (nSPS) is 10.7. The summed E-state index contributed by atoms with van der Waals surface area (Å²) < 4.78 is 0. The van der Waals surface area contributed by atoms with Crippen molar-refractivity contribution in [3.05, 3.63) is 29.8 Å². The standard InChI is InChI=1S/C15H21N3O4/c1-15(2,3)18-13(21)10-5-4-6-11(9-10)17-14(22)16-8-7-12(19)20/h4-6,9H,7-8H2,1-3H3,(H,18,21)(H,19,20)(H2,16,17,22). The van der Waals surface area contributed by atoms with Gasteiger partial charge in [0.1, 0.15) is 0 Å². The van der Waals surface area contributed by atoms with E-state index in [1.165, 1.54) is 0 Å². The van der Waals surface area contributed by atoms with Crippen molar-refractivity contribution in [2.45, 2.75) is 32.7 Å². The van der Waals surface area contributed by atoms with Crippen molar-refractivity contribution in [3.8, 4) is 0 Å². The van der Waals surface area contributed by atoms with E-state index in [4.69, 9.17) is 5.11 Å². The molecule has 1 rings (SSSR count). The second-order valence-corrected chi connectivity index (χ2v) is 5.81. The molecule has 22 heavy (non-hydrogen) atoms. The summed E-state index contributed by atoms with van der Waals surface area (Å²) in [7, 11) is 0. The predicted molar refractivity (Wildman–Crippen MR) is 82.9 cm³/mol. The van der Waals surface area contributed by atoms with E-state index >= 15 is 0 Å². The molecule has 7 nitrogen and oxygen atoms in total. The number of nitrogens with one attached hydrogen (secondary N) is 3. The Labute approximate surface area is 129 Å². The molecule has 0 fully saturated rings. The number of rotatable bonds is 5. The minimum Gasteiger partial charge on any atom is -0.481 e. The van der Waals surface area contributed by atoms with Gasteiger partial charge in [-0.05, 0) is 39.0 Å². The van der Waals surface area contributed by atoms with Crippen LogP contribution in [0.15, 0.2) is 24.3 Å². The molecular weight excluding hydrogens is 286 g/mol. The number of carbonyl (C=O) groups is 3.